The van der Waals surface area contributed by atoms with Crippen LogP contribution in [0, 0.1) is 0 Å². The zero-order valence-electron chi connectivity index (χ0n) is 8.46. The molecule has 0 rings (SSSR count). The van der Waals surface area contributed by atoms with Gasteiger partial charge in [-0.1, -0.05) is 0 Å². The molecular weight excluding hydrogens is 204 g/mol. The lowest BCUT2D eigenvalue weighted by Gasteiger charge is -2.21. The molecule has 0 aliphatic carbocycles. The first-order chi connectivity index (χ1) is 6.84. The van der Waals surface area contributed by atoms with E-state index in [1.54, 1.807) is 0 Å². The van der Waals surface area contributed by atoms with E-state index in [0.29, 0.717) is 0 Å². The largest absolute Gasteiger partial charge is 0.481 e. The van der Waals surface area contributed by atoms with Crippen LogP contribution in [0.4, 0.5) is 0 Å². The Balaban J connectivity index is 4.01. The maximum absolute atomic E-state index is 11.4. The molecule has 7 nitrogen and oxygen atoms in total. The van der Waals surface area contributed by atoms with E-state index in [2.05, 4.69) is 0 Å². The molecule has 0 aliphatic rings. The fraction of sp³-hybridized carbons (Fsp3) is 0.750. The van der Waals surface area contributed by atoms with Crippen LogP contribution in [0.5, 0.6) is 0 Å². The number of aliphatic hydroxyl groups is 2. The van der Waals surface area contributed by atoms with Crippen LogP contribution in [-0.4, -0.2) is 58.0 Å². The van der Waals surface area contributed by atoms with Crippen molar-refractivity contribution in [2.75, 3.05) is 13.6 Å². The highest BCUT2D eigenvalue weighted by Gasteiger charge is 2.19. The predicted molar refractivity (Wildman–Crippen MR) is 50.7 cm³/mol. The number of hydrogen-bond acceptors (Lipinski definition) is 5. The summed E-state index contributed by atoms with van der Waals surface area (Å²) >= 11 is 0. The highest BCUT2D eigenvalue weighted by atomic mass is 16.5. The van der Waals surface area contributed by atoms with Crippen LogP contribution in [0.25, 0.3) is 0 Å². The molecule has 0 aromatic rings. The highest BCUT2D eigenvalue weighted by molar-refractivity contribution is 5.82. The molecular formula is C8H16N2O5. The lowest BCUT2D eigenvalue weighted by atomic mass is 10.1. The molecule has 0 aromatic heterocycles. The van der Waals surface area contributed by atoms with Crippen LogP contribution >= 0.6 is 0 Å². The van der Waals surface area contributed by atoms with Gasteiger partial charge in [-0.25, -0.2) is 0 Å². The summed E-state index contributed by atoms with van der Waals surface area (Å²) in [5.74, 6) is -1.53. The van der Waals surface area contributed by atoms with Crippen molar-refractivity contribution in [3.05, 3.63) is 0 Å². The van der Waals surface area contributed by atoms with E-state index in [-0.39, 0.29) is 19.4 Å². The minimum atomic E-state index is -1.62. The third-order valence-electron chi connectivity index (χ3n) is 1.80. The van der Waals surface area contributed by atoms with Crippen molar-refractivity contribution in [2.45, 2.75) is 25.2 Å². The Kier molecular flexibility index (Phi) is 5.83. The Morgan fingerprint density at radius 3 is 2.33 bits per heavy atom. The second kappa shape index (κ2) is 6.33. The molecule has 1 atom stereocenters. The van der Waals surface area contributed by atoms with Gasteiger partial charge in [0, 0.05) is 13.5 Å². The molecule has 15 heavy (non-hydrogen) atoms. The lowest BCUT2D eigenvalue weighted by Crippen LogP contribution is -2.44. The standard InChI is InChI=1S/C8H16N2O5/c1-10(4-7(13)14)8(15)5(9)2-3-6(11)12/h5,7,13-14H,2-4,9H2,1H3,(H,11,12)/t5-/m0/s1. The van der Waals surface area contributed by atoms with Crippen molar-refractivity contribution in [3.63, 3.8) is 0 Å². The van der Waals surface area contributed by atoms with Crippen molar-refractivity contribution in [1.29, 1.82) is 0 Å². The summed E-state index contributed by atoms with van der Waals surface area (Å²) in [6.45, 7) is -0.250. The van der Waals surface area contributed by atoms with Crippen LogP contribution < -0.4 is 5.73 Å². The minimum absolute atomic E-state index is 0.0278. The average Bonchev–Trinajstić information content (AvgIpc) is 2.11. The molecule has 0 fully saturated rings. The average molecular weight is 220 g/mol. The van der Waals surface area contributed by atoms with Crippen molar-refractivity contribution in [1.82, 2.24) is 4.90 Å². The number of amides is 1. The zero-order chi connectivity index (χ0) is 12.0. The van der Waals surface area contributed by atoms with Gasteiger partial charge in [0.1, 0.15) is 0 Å². The van der Waals surface area contributed by atoms with Gasteiger partial charge in [0.2, 0.25) is 5.91 Å². The Morgan fingerprint density at radius 2 is 1.93 bits per heavy atom. The zero-order valence-corrected chi connectivity index (χ0v) is 8.46. The van der Waals surface area contributed by atoms with E-state index >= 15 is 0 Å². The van der Waals surface area contributed by atoms with E-state index in [1.807, 2.05) is 0 Å². The third-order valence-corrected chi connectivity index (χ3v) is 1.80. The number of carboxylic acids is 1. The summed E-state index contributed by atoms with van der Waals surface area (Å²) in [4.78, 5) is 22.6. The fourth-order valence-electron chi connectivity index (χ4n) is 1.02. The number of nitrogens with zero attached hydrogens (tertiary/aromatic N) is 1. The number of carboxylic acid groups (broad SMARTS) is 1. The van der Waals surface area contributed by atoms with Gasteiger partial charge in [-0.3, -0.25) is 9.59 Å². The number of hydrogen-bond donors (Lipinski definition) is 4. The molecule has 7 heteroatoms. The van der Waals surface area contributed by atoms with Crippen molar-refractivity contribution < 1.29 is 24.9 Å². The van der Waals surface area contributed by atoms with Crippen molar-refractivity contribution in [3.8, 4) is 0 Å². The first-order valence-corrected chi connectivity index (χ1v) is 4.43. The summed E-state index contributed by atoms with van der Waals surface area (Å²) in [7, 11) is 1.36. The minimum Gasteiger partial charge on any atom is -0.481 e. The second-order valence-electron chi connectivity index (χ2n) is 3.24. The lowest BCUT2D eigenvalue weighted by molar-refractivity contribution is -0.139. The van der Waals surface area contributed by atoms with Crippen LogP contribution in [0.1, 0.15) is 12.8 Å². The van der Waals surface area contributed by atoms with E-state index in [0.717, 1.165) is 4.90 Å². The van der Waals surface area contributed by atoms with Crippen LogP contribution in [0.15, 0.2) is 0 Å². The van der Waals surface area contributed by atoms with E-state index < -0.39 is 24.2 Å². The van der Waals surface area contributed by atoms with Crippen molar-refractivity contribution in [2.24, 2.45) is 5.73 Å². The summed E-state index contributed by atoms with van der Waals surface area (Å²) in [6.07, 6.45) is -1.78. The molecule has 0 saturated heterocycles. The molecule has 0 unspecified atom stereocenters. The molecule has 5 N–H and O–H groups in total. The molecule has 0 saturated carbocycles. The molecule has 1 amide bonds. The van der Waals surface area contributed by atoms with Crippen molar-refractivity contribution >= 4 is 11.9 Å². The van der Waals surface area contributed by atoms with Crippen LogP contribution in [0.2, 0.25) is 0 Å². The second-order valence-corrected chi connectivity index (χ2v) is 3.24. The summed E-state index contributed by atoms with van der Waals surface area (Å²) in [5.41, 5.74) is 5.42. The number of aliphatic hydroxyl groups excluding tert-OH is 1. The molecule has 0 aliphatic heterocycles. The molecule has 88 valence electrons. The van der Waals surface area contributed by atoms with Gasteiger partial charge in [-0.05, 0) is 6.42 Å². The summed E-state index contributed by atoms with van der Waals surface area (Å²) < 4.78 is 0. The summed E-state index contributed by atoms with van der Waals surface area (Å²) in [6, 6.07) is -0.926. The molecule has 0 radical (unpaired) electrons. The maximum atomic E-state index is 11.4. The summed E-state index contributed by atoms with van der Waals surface area (Å²) in [5, 5.41) is 25.6. The number of likely N-dealkylation sites (N-methyl/N-ethyl adjacent to an activating group) is 1. The van der Waals surface area contributed by atoms with E-state index in [4.69, 9.17) is 21.1 Å². The molecule has 0 bridgehead atoms. The smallest absolute Gasteiger partial charge is 0.303 e. The number of nitrogens with two attached hydrogens (primary N) is 1. The first kappa shape index (κ1) is 13.8. The number of carbonyl (C=O) groups is 2. The number of rotatable bonds is 6. The Morgan fingerprint density at radius 1 is 1.40 bits per heavy atom. The first-order valence-electron chi connectivity index (χ1n) is 4.43. The Bertz CT molecular complexity index is 231. The SMILES string of the molecule is CN(CC(O)O)C(=O)[C@@H](N)CCC(=O)O. The van der Waals surface area contributed by atoms with Gasteiger partial charge in [0.05, 0.1) is 12.6 Å². The van der Waals surface area contributed by atoms with Gasteiger partial charge in [-0.2, -0.15) is 0 Å². The van der Waals surface area contributed by atoms with E-state index in [1.165, 1.54) is 7.05 Å². The van der Waals surface area contributed by atoms with Gasteiger partial charge in [0.25, 0.3) is 0 Å². The van der Waals surface area contributed by atoms with Gasteiger partial charge >= 0.3 is 5.97 Å². The van der Waals surface area contributed by atoms with Crippen LogP contribution in [0.3, 0.4) is 0 Å². The Hall–Kier alpha value is -1.18. The molecule has 0 heterocycles. The monoisotopic (exact) mass is 220 g/mol. The maximum Gasteiger partial charge on any atom is 0.303 e. The van der Waals surface area contributed by atoms with Crippen LogP contribution in [-0.2, 0) is 9.59 Å². The quantitative estimate of drug-likeness (QED) is 0.382. The van der Waals surface area contributed by atoms with Gasteiger partial charge in [0.15, 0.2) is 6.29 Å². The van der Waals surface area contributed by atoms with E-state index in [9.17, 15) is 9.59 Å². The molecule has 0 spiro atoms. The van der Waals surface area contributed by atoms with Gasteiger partial charge < -0.3 is 26.0 Å². The highest BCUT2D eigenvalue weighted by Crippen LogP contribution is 1.99. The Labute approximate surface area is 87.1 Å². The number of carbonyl (C=O) groups excluding carboxylic acids is 1. The van der Waals surface area contributed by atoms with Gasteiger partial charge in [-0.15, -0.1) is 0 Å². The molecule has 0 aromatic carbocycles. The third kappa shape index (κ3) is 6.00. The number of aliphatic carboxylic acids is 1. The fourth-order valence-corrected chi connectivity index (χ4v) is 1.02. The topological polar surface area (TPSA) is 124 Å². The normalized spacial score (nSPS) is 12.6. The predicted octanol–water partition coefficient (Wildman–Crippen LogP) is -2.05.